The number of rotatable bonds is 4. The topological polar surface area (TPSA) is 63.2 Å². The Morgan fingerprint density at radius 1 is 1.04 bits per heavy atom. The first-order valence-corrected chi connectivity index (χ1v) is 9.42. The zero-order valence-electron chi connectivity index (χ0n) is 13.0. The average molecular weight is 347 g/mol. The van der Waals surface area contributed by atoms with Crippen molar-refractivity contribution in [2.75, 3.05) is 5.32 Å². The van der Waals surface area contributed by atoms with Crippen LogP contribution in [-0.4, -0.2) is 19.6 Å². The number of sulfone groups is 1. The van der Waals surface area contributed by atoms with Crippen molar-refractivity contribution < 1.29 is 17.6 Å². The molecule has 1 fully saturated rings. The molecule has 0 aliphatic heterocycles. The van der Waals surface area contributed by atoms with Crippen molar-refractivity contribution in [1.29, 1.82) is 0 Å². The summed E-state index contributed by atoms with van der Waals surface area (Å²) in [6.45, 7) is 0. The van der Waals surface area contributed by atoms with Crippen molar-refractivity contribution in [2.45, 2.75) is 35.8 Å². The summed E-state index contributed by atoms with van der Waals surface area (Å²) in [7, 11) is -3.30. The lowest BCUT2D eigenvalue weighted by molar-refractivity contribution is 0.102. The van der Waals surface area contributed by atoms with Gasteiger partial charge in [0.2, 0.25) is 0 Å². The molecule has 0 bridgehead atoms. The number of hydrogen-bond acceptors (Lipinski definition) is 3. The second kappa shape index (κ2) is 6.73. The van der Waals surface area contributed by atoms with Crippen LogP contribution in [-0.2, 0) is 9.84 Å². The Morgan fingerprint density at radius 2 is 1.71 bits per heavy atom. The minimum Gasteiger partial charge on any atom is -0.322 e. The maximum atomic E-state index is 13.2. The van der Waals surface area contributed by atoms with Crippen molar-refractivity contribution >= 4 is 21.4 Å². The van der Waals surface area contributed by atoms with Gasteiger partial charge in [-0.05, 0) is 55.3 Å². The maximum absolute atomic E-state index is 13.2. The lowest BCUT2D eigenvalue weighted by Crippen LogP contribution is -2.18. The van der Waals surface area contributed by atoms with E-state index in [0.29, 0.717) is 18.5 Å². The van der Waals surface area contributed by atoms with Crippen LogP contribution < -0.4 is 5.32 Å². The van der Waals surface area contributed by atoms with E-state index in [-0.39, 0.29) is 15.7 Å². The molecule has 4 nitrogen and oxygen atoms in total. The molecule has 1 N–H and O–H groups in total. The molecular weight excluding hydrogens is 329 g/mol. The largest absolute Gasteiger partial charge is 0.322 e. The summed E-state index contributed by atoms with van der Waals surface area (Å²) in [4.78, 5) is 12.3. The summed E-state index contributed by atoms with van der Waals surface area (Å²) >= 11 is 0. The Balaban J connectivity index is 1.74. The quantitative estimate of drug-likeness (QED) is 0.915. The zero-order chi connectivity index (χ0) is 17.2. The Labute approximate surface area is 140 Å². The van der Waals surface area contributed by atoms with E-state index in [4.69, 9.17) is 0 Å². The number of hydrogen-bond donors (Lipinski definition) is 1. The lowest BCUT2D eigenvalue weighted by Gasteiger charge is -2.12. The lowest BCUT2D eigenvalue weighted by atomic mass is 10.2. The van der Waals surface area contributed by atoms with Crippen molar-refractivity contribution in [1.82, 2.24) is 0 Å². The normalized spacial score (nSPS) is 15.4. The predicted molar refractivity (Wildman–Crippen MR) is 90.2 cm³/mol. The Hall–Kier alpha value is -2.21. The standard InChI is InChI=1S/C18H18FNO3S/c19-14-5-3-4-13(12-14)18(21)20-15-8-10-17(11-9-15)24(22,23)16-6-1-2-7-16/h3-5,8-12,16H,1-2,6-7H2,(H,20,21). The molecule has 1 saturated carbocycles. The van der Waals surface area contributed by atoms with E-state index in [1.807, 2.05) is 0 Å². The van der Waals surface area contributed by atoms with E-state index in [2.05, 4.69) is 5.32 Å². The summed E-state index contributed by atoms with van der Waals surface area (Å²) in [6, 6.07) is 11.5. The molecule has 0 unspecified atom stereocenters. The maximum Gasteiger partial charge on any atom is 0.255 e. The predicted octanol–water partition coefficient (Wildman–Crippen LogP) is 3.79. The van der Waals surface area contributed by atoms with Gasteiger partial charge < -0.3 is 5.32 Å². The van der Waals surface area contributed by atoms with Crippen molar-refractivity contribution in [3.8, 4) is 0 Å². The van der Waals surface area contributed by atoms with E-state index in [0.717, 1.165) is 18.9 Å². The Bertz CT molecular complexity index is 841. The SMILES string of the molecule is O=C(Nc1ccc(S(=O)(=O)C2CCCC2)cc1)c1cccc(F)c1. The fraction of sp³-hybridized carbons (Fsp3) is 0.278. The summed E-state index contributed by atoms with van der Waals surface area (Å²) in [5.74, 6) is -0.929. The van der Waals surface area contributed by atoms with Crippen LogP contribution in [0.2, 0.25) is 0 Å². The minimum atomic E-state index is -3.30. The van der Waals surface area contributed by atoms with Gasteiger partial charge in [0, 0.05) is 11.3 Å². The van der Waals surface area contributed by atoms with Crippen LogP contribution in [0.4, 0.5) is 10.1 Å². The molecule has 1 aliphatic rings. The molecule has 6 heteroatoms. The van der Waals surface area contributed by atoms with Crippen molar-refractivity contribution in [3.63, 3.8) is 0 Å². The summed E-state index contributed by atoms with van der Waals surface area (Å²) in [5, 5.41) is 2.33. The van der Waals surface area contributed by atoms with Gasteiger partial charge in [-0.25, -0.2) is 12.8 Å². The monoisotopic (exact) mass is 347 g/mol. The average Bonchev–Trinajstić information content (AvgIpc) is 3.10. The third kappa shape index (κ3) is 3.48. The Morgan fingerprint density at radius 3 is 2.33 bits per heavy atom. The molecule has 2 aromatic carbocycles. The smallest absolute Gasteiger partial charge is 0.255 e. The van der Waals surface area contributed by atoms with Gasteiger partial charge in [-0.2, -0.15) is 0 Å². The van der Waals surface area contributed by atoms with Gasteiger partial charge in [-0.1, -0.05) is 18.9 Å². The number of nitrogens with one attached hydrogen (secondary N) is 1. The van der Waals surface area contributed by atoms with Crippen LogP contribution in [0.5, 0.6) is 0 Å². The highest BCUT2D eigenvalue weighted by Crippen LogP contribution is 2.30. The van der Waals surface area contributed by atoms with Crippen LogP contribution in [0.3, 0.4) is 0 Å². The second-order valence-electron chi connectivity index (χ2n) is 5.94. The van der Waals surface area contributed by atoms with E-state index >= 15 is 0 Å². The number of halogens is 1. The van der Waals surface area contributed by atoms with Gasteiger partial charge in [-0.15, -0.1) is 0 Å². The number of carbonyl (C=O) groups excluding carboxylic acids is 1. The van der Waals surface area contributed by atoms with Crippen LogP contribution in [0.15, 0.2) is 53.4 Å². The first-order chi connectivity index (χ1) is 11.5. The molecule has 126 valence electrons. The summed E-state index contributed by atoms with van der Waals surface area (Å²) in [6.07, 6.45) is 3.32. The van der Waals surface area contributed by atoms with E-state index in [1.165, 1.54) is 30.3 Å². The molecule has 0 aromatic heterocycles. The van der Waals surface area contributed by atoms with E-state index in [1.54, 1.807) is 12.1 Å². The van der Waals surface area contributed by atoms with Gasteiger partial charge in [-0.3, -0.25) is 4.79 Å². The highest BCUT2D eigenvalue weighted by Gasteiger charge is 2.30. The first-order valence-electron chi connectivity index (χ1n) is 7.88. The van der Waals surface area contributed by atoms with Gasteiger partial charge in [0.25, 0.3) is 5.91 Å². The van der Waals surface area contributed by atoms with Crippen LogP contribution in [0.25, 0.3) is 0 Å². The van der Waals surface area contributed by atoms with Gasteiger partial charge in [0.05, 0.1) is 10.1 Å². The van der Waals surface area contributed by atoms with Gasteiger partial charge >= 0.3 is 0 Å². The number of amides is 1. The fourth-order valence-electron chi connectivity index (χ4n) is 2.95. The molecule has 0 atom stereocenters. The van der Waals surface area contributed by atoms with Crippen LogP contribution in [0, 0.1) is 5.82 Å². The highest BCUT2D eigenvalue weighted by atomic mass is 32.2. The molecule has 1 amide bonds. The van der Waals surface area contributed by atoms with Crippen LogP contribution in [0.1, 0.15) is 36.0 Å². The van der Waals surface area contributed by atoms with E-state index < -0.39 is 21.6 Å². The minimum absolute atomic E-state index is 0.206. The Kier molecular flexibility index (Phi) is 4.66. The molecule has 0 heterocycles. The number of benzene rings is 2. The number of carbonyl (C=O) groups is 1. The third-order valence-corrected chi connectivity index (χ3v) is 6.55. The molecular formula is C18H18FNO3S. The van der Waals surface area contributed by atoms with Gasteiger partial charge in [0.1, 0.15) is 5.82 Å². The zero-order valence-corrected chi connectivity index (χ0v) is 13.9. The van der Waals surface area contributed by atoms with E-state index in [9.17, 15) is 17.6 Å². The molecule has 0 radical (unpaired) electrons. The molecule has 3 rings (SSSR count). The van der Waals surface area contributed by atoms with Gasteiger partial charge in [0.15, 0.2) is 9.84 Å². The summed E-state index contributed by atoms with van der Waals surface area (Å²) in [5.41, 5.74) is 0.673. The highest BCUT2D eigenvalue weighted by molar-refractivity contribution is 7.92. The summed E-state index contributed by atoms with van der Waals surface area (Å²) < 4.78 is 38.1. The molecule has 24 heavy (non-hydrogen) atoms. The van der Waals surface area contributed by atoms with Crippen molar-refractivity contribution in [2.24, 2.45) is 0 Å². The first kappa shape index (κ1) is 16.6. The third-order valence-electron chi connectivity index (χ3n) is 4.27. The number of anilines is 1. The molecule has 2 aromatic rings. The molecule has 1 aliphatic carbocycles. The van der Waals surface area contributed by atoms with Crippen LogP contribution >= 0.6 is 0 Å². The fourth-order valence-corrected chi connectivity index (χ4v) is 4.81. The molecule has 0 spiro atoms. The van der Waals surface area contributed by atoms with Crippen molar-refractivity contribution in [3.05, 3.63) is 59.9 Å². The molecule has 0 saturated heterocycles. The second-order valence-corrected chi connectivity index (χ2v) is 8.17.